The average Bonchev–Trinajstić information content (AvgIpc) is 3.07. The van der Waals surface area contributed by atoms with Crippen LogP contribution in [0.4, 0.5) is 4.79 Å². The summed E-state index contributed by atoms with van der Waals surface area (Å²) in [6.07, 6.45) is 1.81. The zero-order valence-electron chi connectivity index (χ0n) is 10.3. The highest BCUT2D eigenvalue weighted by Gasteiger charge is 2.34. The zero-order chi connectivity index (χ0) is 13.8. The number of rotatable bonds is 6. The molecule has 1 saturated carbocycles. The molecule has 2 amide bonds. The number of carboxylic acids is 1. The highest BCUT2D eigenvalue weighted by Crippen LogP contribution is 2.27. The molecule has 6 nitrogen and oxygen atoms in total. The second-order valence-electron chi connectivity index (χ2n) is 4.38. The van der Waals surface area contributed by atoms with Crippen molar-refractivity contribution in [2.24, 2.45) is 0 Å². The first-order valence-corrected chi connectivity index (χ1v) is 6.95. The third-order valence-corrected chi connectivity index (χ3v) is 3.87. The van der Waals surface area contributed by atoms with Gasteiger partial charge in [0.25, 0.3) is 0 Å². The molecule has 1 heterocycles. The number of nitrogens with one attached hydrogen (secondary N) is 1. The molecule has 2 rings (SSSR count). The van der Waals surface area contributed by atoms with Gasteiger partial charge < -0.3 is 20.4 Å². The van der Waals surface area contributed by atoms with Gasteiger partial charge in [0.15, 0.2) is 6.04 Å². The fraction of sp³-hybridized carbons (Fsp3) is 0.500. The lowest BCUT2D eigenvalue weighted by molar-refractivity contribution is -0.139. The van der Waals surface area contributed by atoms with Crippen molar-refractivity contribution in [3.63, 3.8) is 0 Å². The predicted molar refractivity (Wildman–Crippen MR) is 70.0 cm³/mol. The Hall–Kier alpha value is -1.60. The third-order valence-electron chi connectivity index (χ3n) is 2.93. The Labute approximate surface area is 114 Å². The molecule has 19 heavy (non-hydrogen) atoms. The molecule has 0 aliphatic heterocycles. The topological polar surface area (TPSA) is 89.9 Å². The van der Waals surface area contributed by atoms with Crippen molar-refractivity contribution >= 4 is 23.3 Å². The molecular formula is C12H16N2O4S. The molecule has 1 aromatic rings. The second-order valence-corrected chi connectivity index (χ2v) is 5.36. The SMILES string of the molecule is O=C(O)C(NC(=O)N(CCO)C1CC1)c1cccs1. The molecule has 1 aliphatic rings. The molecule has 0 spiro atoms. The maximum Gasteiger partial charge on any atom is 0.331 e. The van der Waals surface area contributed by atoms with Crippen LogP contribution in [0.15, 0.2) is 17.5 Å². The lowest BCUT2D eigenvalue weighted by Gasteiger charge is -2.24. The summed E-state index contributed by atoms with van der Waals surface area (Å²) < 4.78 is 0. The standard InChI is InChI=1S/C12H16N2O4S/c15-6-5-14(8-3-4-8)12(18)13-10(11(16)17)9-2-1-7-19-9/h1-2,7-8,10,15H,3-6H2,(H,13,18)(H,16,17). The molecule has 0 saturated heterocycles. The molecule has 1 atom stereocenters. The summed E-state index contributed by atoms with van der Waals surface area (Å²) in [4.78, 5) is 25.4. The normalized spacial score (nSPS) is 15.8. The monoisotopic (exact) mass is 284 g/mol. The molecule has 3 N–H and O–H groups in total. The lowest BCUT2D eigenvalue weighted by Crippen LogP contribution is -2.45. The second kappa shape index (κ2) is 6.03. The molecule has 104 valence electrons. The van der Waals surface area contributed by atoms with Crippen molar-refractivity contribution in [3.8, 4) is 0 Å². The minimum atomic E-state index is -1.09. The Balaban J connectivity index is 2.04. The van der Waals surface area contributed by atoms with E-state index >= 15 is 0 Å². The number of nitrogens with zero attached hydrogens (tertiary/aromatic N) is 1. The molecular weight excluding hydrogens is 268 g/mol. The van der Waals surface area contributed by atoms with Gasteiger partial charge in [0, 0.05) is 17.5 Å². The number of urea groups is 1. The smallest absolute Gasteiger partial charge is 0.331 e. The zero-order valence-corrected chi connectivity index (χ0v) is 11.1. The van der Waals surface area contributed by atoms with Crippen LogP contribution in [0.2, 0.25) is 0 Å². The van der Waals surface area contributed by atoms with E-state index in [2.05, 4.69) is 5.32 Å². The van der Waals surface area contributed by atoms with E-state index in [1.54, 1.807) is 17.5 Å². The summed E-state index contributed by atoms with van der Waals surface area (Å²) in [6.45, 7) is 0.105. The first kappa shape index (κ1) is 13.8. The van der Waals surface area contributed by atoms with Gasteiger partial charge in [0.1, 0.15) is 0 Å². The largest absolute Gasteiger partial charge is 0.479 e. The minimum absolute atomic E-state index is 0.124. The van der Waals surface area contributed by atoms with Gasteiger partial charge in [-0.3, -0.25) is 0 Å². The van der Waals surface area contributed by atoms with Crippen LogP contribution in [0.5, 0.6) is 0 Å². The molecule has 7 heteroatoms. The number of aliphatic carboxylic acids is 1. The van der Waals surface area contributed by atoms with Crippen LogP contribution in [0.3, 0.4) is 0 Å². The summed E-state index contributed by atoms with van der Waals surface area (Å²) in [7, 11) is 0. The van der Waals surface area contributed by atoms with Crippen LogP contribution in [0.25, 0.3) is 0 Å². The third kappa shape index (κ3) is 3.45. The van der Waals surface area contributed by atoms with Gasteiger partial charge in [-0.15, -0.1) is 11.3 Å². The van der Waals surface area contributed by atoms with Crippen molar-refractivity contribution in [2.75, 3.05) is 13.2 Å². The molecule has 1 fully saturated rings. The summed E-state index contributed by atoms with van der Waals surface area (Å²) in [6, 6.07) is 2.08. The van der Waals surface area contributed by atoms with Gasteiger partial charge in [-0.05, 0) is 24.3 Å². The summed E-state index contributed by atoms with van der Waals surface area (Å²) in [5.74, 6) is -1.09. The maximum absolute atomic E-state index is 12.1. The molecule has 0 bridgehead atoms. The van der Waals surface area contributed by atoms with E-state index in [-0.39, 0.29) is 19.2 Å². The summed E-state index contributed by atoms with van der Waals surface area (Å²) in [5.41, 5.74) is 0. The molecule has 0 aromatic carbocycles. The van der Waals surface area contributed by atoms with Crippen molar-refractivity contribution < 1.29 is 19.8 Å². The van der Waals surface area contributed by atoms with Crippen LogP contribution < -0.4 is 5.32 Å². The van der Waals surface area contributed by atoms with Gasteiger partial charge in [0.05, 0.1) is 6.61 Å². The molecule has 1 aliphatic carbocycles. The van der Waals surface area contributed by atoms with Gasteiger partial charge in [0.2, 0.25) is 0 Å². The average molecular weight is 284 g/mol. The number of hydrogen-bond acceptors (Lipinski definition) is 4. The first-order chi connectivity index (χ1) is 9.13. The van der Waals surface area contributed by atoms with Crippen LogP contribution >= 0.6 is 11.3 Å². The molecule has 1 aromatic heterocycles. The molecule has 1 unspecified atom stereocenters. The van der Waals surface area contributed by atoms with E-state index in [1.165, 1.54) is 16.2 Å². The van der Waals surface area contributed by atoms with E-state index in [4.69, 9.17) is 5.11 Å². The van der Waals surface area contributed by atoms with Crippen molar-refractivity contribution in [1.82, 2.24) is 10.2 Å². The van der Waals surface area contributed by atoms with Gasteiger partial charge in [-0.25, -0.2) is 9.59 Å². The van der Waals surface area contributed by atoms with Crippen molar-refractivity contribution in [1.29, 1.82) is 0 Å². The first-order valence-electron chi connectivity index (χ1n) is 6.07. The van der Waals surface area contributed by atoms with Crippen LogP contribution in [0, 0.1) is 0 Å². The number of amides is 2. The Morgan fingerprint density at radius 3 is 2.74 bits per heavy atom. The Bertz CT molecular complexity index is 445. The Kier molecular flexibility index (Phi) is 4.39. The number of aliphatic hydroxyl groups excluding tert-OH is 1. The fourth-order valence-electron chi connectivity index (χ4n) is 1.86. The van der Waals surface area contributed by atoms with Crippen LogP contribution in [-0.4, -0.2) is 46.3 Å². The minimum Gasteiger partial charge on any atom is -0.479 e. The number of thiophene rings is 1. The van der Waals surface area contributed by atoms with E-state index < -0.39 is 18.0 Å². The van der Waals surface area contributed by atoms with E-state index in [1.807, 2.05) is 0 Å². The molecule has 0 radical (unpaired) electrons. The highest BCUT2D eigenvalue weighted by atomic mass is 32.1. The van der Waals surface area contributed by atoms with E-state index in [0.717, 1.165) is 12.8 Å². The Morgan fingerprint density at radius 2 is 2.26 bits per heavy atom. The summed E-state index contributed by atoms with van der Waals surface area (Å²) >= 11 is 1.29. The van der Waals surface area contributed by atoms with Gasteiger partial charge in [-0.2, -0.15) is 0 Å². The van der Waals surface area contributed by atoms with Gasteiger partial charge >= 0.3 is 12.0 Å². The van der Waals surface area contributed by atoms with E-state index in [9.17, 15) is 14.7 Å². The number of carbonyl (C=O) groups is 2. The number of hydrogen-bond donors (Lipinski definition) is 3. The van der Waals surface area contributed by atoms with Gasteiger partial charge in [-0.1, -0.05) is 6.07 Å². The maximum atomic E-state index is 12.1. The van der Waals surface area contributed by atoms with Crippen LogP contribution in [0.1, 0.15) is 23.8 Å². The predicted octanol–water partition coefficient (Wildman–Crippen LogP) is 1.04. The van der Waals surface area contributed by atoms with Crippen LogP contribution in [-0.2, 0) is 4.79 Å². The Morgan fingerprint density at radius 1 is 1.53 bits per heavy atom. The van der Waals surface area contributed by atoms with Crippen molar-refractivity contribution in [3.05, 3.63) is 22.4 Å². The number of carbonyl (C=O) groups excluding carboxylic acids is 1. The lowest BCUT2D eigenvalue weighted by atomic mass is 10.2. The quantitative estimate of drug-likeness (QED) is 0.728. The number of carboxylic acid groups (broad SMARTS) is 1. The van der Waals surface area contributed by atoms with E-state index in [0.29, 0.717) is 4.88 Å². The van der Waals surface area contributed by atoms with Crippen molar-refractivity contribution in [2.45, 2.75) is 24.9 Å². The number of aliphatic hydroxyl groups is 1. The highest BCUT2D eigenvalue weighted by molar-refractivity contribution is 7.10. The fourth-order valence-corrected chi connectivity index (χ4v) is 2.63. The summed E-state index contributed by atoms with van der Waals surface area (Å²) in [5, 5.41) is 22.4.